The molecule has 0 bridgehead atoms. The van der Waals surface area contributed by atoms with Gasteiger partial charge in [0.1, 0.15) is 25.0 Å². The van der Waals surface area contributed by atoms with E-state index in [9.17, 15) is 0 Å². The Morgan fingerprint density at radius 2 is 1.96 bits per heavy atom. The largest absolute Gasteiger partial charge is 0.495 e. The molecule has 2 aromatic rings. The van der Waals surface area contributed by atoms with Crippen LogP contribution in [0.5, 0.6) is 5.75 Å². The van der Waals surface area contributed by atoms with Crippen molar-refractivity contribution in [1.29, 1.82) is 0 Å². The molecule has 1 aromatic heterocycles. The fourth-order valence-corrected chi connectivity index (χ4v) is 3.38. The Hall–Kier alpha value is -2.34. The van der Waals surface area contributed by atoms with Gasteiger partial charge in [0, 0.05) is 22.1 Å². The predicted molar refractivity (Wildman–Crippen MR) is 90.0 cm³/mol. The summed E-state index contributed by atoms with van der Waals surface area (Å²) in [5.41, 5.74) is 9.34. The van der Waals surface area contributed by atoms with Gasteiger partial charge in [-0.3, -0.25) is 0 Å². The highest BCUT2D eigenvalue weighted by Crippen LogP contribution is 2.48. The van der Waals surface area contributed by atoms with E-state index >= 15 is 0 Å². The maximum Gasteiger partial charge on any atom is 0.138 e. The minimum Gasteiger partial charge on any atom is -0.495 e. The molecule has 0 saturated heterocycles. The van der Waals surface area contributed by atoms with Crippen molar-refractivity contribution in [3.05, 3.63) is 34.6 Å². The number of halogens is 1. The summed E-state index contributed by atoms with van der Waals surface area (Å²) in [6, 6.07) is 3.69. The van der Waals surface area contributed by atoms with Gasteiger partial charge in [-0.25, -0.2) is 9.97 Å². The topological polar surface area (TPSA) is 82.6 Å². The van der Waals surface area contributed by atoms with Gasteiger partial charge in [0.25, 0.3) is 0 Å². The zero-order chi connectivity index (χ0) is 16.8. The van der Waals surface area contributed by atoms with Crippen LogP contribution in [-0.4, -0.2) is 29.9 Å². The number of nitrogens with zero attached hydrogens (tertiary/aromatic N) is 3. The molecule has 6 nitrogen and oxygen atoms in total. The molecule has 0 radical (unpaired) electrons. The molecule has 0 spiro atoms. The van der Waals surface area contributed by atoms with Crippen LogP contribution in [0.3, 0.4) is 0 Å². The Labute approximate surface area is 139 Å². The molecule has 0 unspecified atom stereocenters. The van der Waals surface area contributed by atoms with E-state index in [1.807, 2.05) is 19.9 Å². The molecule has 0 saturated carbocycles. The number of methoxy groups -OCH3 is 1. The van der Waals surface area contributed by atoms with Crippen molar-refractivity contribution in [3.63, 3.8) is 0 Å². The lowest BCUT2D eigenvalue weighted by Crippen LogP contribution is -2.36. The van der Waals surface area contributed by atoms with Gasteiger partial charge in [0.15, 0.2) is 0 Å². The summed E-state index contributed by atoms with van der Waals surface area (Å²) in [5, 5.41) is 4.69. The Morgan fingerprint density at radius 3 is 2.61 bits per heavy atom. The first-order valence-electron chi connectivity index (χ1n) is 7.03. The zero-order valence-corrected chi connectivity index (χ0v) is 14.1. The number of benzene rings is 1. The van der Waals surface area contributed by atoms with Crippen LogP contribution in [0.1, 0.15) is 25.0 Å². The van der Waals surface area contributed by atoms with Crippen LogP contribution in [-0.2, 0) is 10.3 Å². The molecule has 3 rings (SSSR count). The normalized spacial score (nSPS) is 16.7. The number of hydrogen-bond acceptors (Lipinski definition) is 6. The third-order valence-electron chi connectivity index (χ3n) is 4.09. The Kier molecular flexibility index (Phi) is 3.64. The van der Waals surface area contributed by atoms with Crippen LogP contribution >= 0.6 is 11.6 Å². The van der Waals surface area contributed by atoms with Crippen molar-refractivity contribution >= 4 is 23.1 Å². The minimum absolute atomic E-state index is 0.418. The second kappa shape index (κ2) is 5.38. The number of nitrogens with two attached hydrogens (primary N) is 1. The third kappa shape index (κ3) is 2.13. The van der Waals surface area contributed by atoms with Crippen molar-refractivity contribution in [2.45, 2.75) is 19.3 Å². The summed E-state index contributed by atoms with van der Waals surface area (Å²) in [5.74, 6) is 0.983. The third-order valence-corrected chi connectivity index (χ3v) is 4.47. The first-order chi connectivity index (χ1) is 10.9. The molecule has 1 aliphatic rings. The smallest absolute Gasteiger partial charge is 0.138 e. The molecule has 1 aromatic carbocycles. The van der Waals surface area contributed by atoms with Gasteiger partial charge in [-0.2, -0.15) is 0 Å². The maximum absolute atomic E-state index is 6.55. The van der Waals surface area contributed by atoms with Crippen LogP contribution in [0.25, 0.3) is 11.3 Å². The van der Waals surface area contributed by atoms with Crippen LogP contribution in [0, 0.1) is 0 Å². The van der Waals surface area contributed by atoms with E-state index in [1.165, 1.54) is 13.4 Å². The first-order valence-corrected chi connectivity index (χ1v) is 7.41. The number of aromatic nitrogens is 2. The maximum atomic E-state index is 6.55. The van der Waals surface area contributed by atoms with Gasteiger partial charge in [-0.1, -0.05) is 16.8 Å². The van der Waals surface area contributed by atoms with E-state index in [0.29, 0.717) is 22.3 Å². The summed E-state index contributed by atoms with van der Waals surface area (Å²) in [4.78, 5) is 13.6. The van der Waals surface area contributed by atoms with Gasteiger partial charge in [-0.15, -0.1) is 0 Å². The number of anilines is 1. The molecule has 1 heterocycles. The van der Waals surface area contributed by atoms with Gasteiger partial charge >= 0.3 is 0 Å². The Bertz CT molecular complexity index is 818. The SMILES string of the molecule is CO/N=C1\c2c(ccc(OC)c2Cl)-c2ncnc(N)c2C1(C)C. The van der Waals surface area contributed by atoms with Crippen molar-refractivity contribution in [2.75, 3.05) is 20.0 Å². The van der Waals surface area contributed by atoms with E-state index in [4.69, 9.17) is 26.9 Å². The second-order valence-corrected chi connectivity index (χ2v) is 6.11. The van der Waals surface area contributed by atoms with Crippen molar-refractivity contribution in [2.24, 2.45) is 5.16 Å². The van der Waals surface area contributed by atoms with Gasteiger partial charge in [-0.05, 0) is 26.0 Å². The van der Waals surface area contributed by atoms with Gasteiger partial charge < -0.3 is 15.3 Å². The molecule has 0 amide bonds. The van der Waals surface area contributed by atoms with Crippen LogP contribution < -0.4 is 10.5 Å². The molecule has 2 N–H and O–H groups in total. The molecule has 7 heteroatoms. The number of rotatable bonds is 2. The van der Waals surface area contributed by atoms with E-state index in [-0.39, 0.29) is 0 Å². The van der Waals surface area contributed by atoms with Crippen molar-refractivity contribution < 1.29 is 9.57 Å². The average Bonchev–Trinajstić information content (AvgIpc) is 2.51. The fourth-order valence-electron chi connectivity index (χ4n) is 3.04. The first kappa shape index (κ1) is 15.6. The predicted octanol–water partition coefficient (Wildman–Crippen LogP) is 3.03. The molecule has 0 atom stereocenters. The van der Waals surface area contributed by atoms with Crippen molar-refractivity contribution in [3.8, 4) is 17.0 Å². The van der Waals surface area contributed by atoms with E-state index in [0.717, 1.165) is 22.4 Å². The monoisotopic (exact) mass is 332 g/mol. The van der Waals surface area contributed by atoms with Crippen LogP contribution in [0.2, 0.25) is 5.02 Å². The van der Waals surface area contributed by atoms with E-state index in [2.05, 4.69) is 15.1 Å². The molecule has 120 valence electrons. The highest BCUT2D eigenvalue weighted by molar-refractivity contribution is 6.37. The molecule has 23 heavy (non-hydrogen) atoms. The van der Waals surface area contributed by atoms with Crippen molar-refractivity contribution in [1.82, 2.24) is 9.97 Å². The number of nitrogen functional groups attached to an aromatic ring is 1. The molecule has 0 aliphatic heterocycles. The summed E-state index contributed by atoms with van der Waals surface area (Å²) < 4.78 is 5.33. The standard InChI is InChI=1S/C16H17ClN4O2/c1-16(2)11-13(19-7-20-15(11)18)8-5-6-9(22-3)12(17)10(8)14(16)21-23-4/h5-7H,1-4H3,(H2,18,19,20)/b21-14+. The number of oxime groups is 1. The summed E-state index contributed by atoms with van der Waals surface area (Å²) in [6.07, 6.45) is 1.45. The second-order valence-electron chi connectivity index (χ2n) is 5.73. The zero-order valence-electron chi connectivity index (χ0n) is 13.3. The highest BCUT2D eigenvalue weighted by atomic mass is 35.5. The highest BCUT2D eigenvalue weighted by Gasteiger charge is 2.42. The quantitative estimate of drug-likeness (QED) is 0.855. The van der Waals surface area contributed by atoms with E-state index < -0.39 is 5.41 Å². The molecular weight excluding hydrogens is 316 g/mol. The Morgan fingerprint density at radius 1 is 1.22 bits per heavy atom. The fraction of sp³-hybridized carbons (Fsp3) is 0.312. The number of hydrogen-bond donors (Lipinski definition) is 1. The van der Waals surface area contributed by atoms with Crippen LogP contribution in [0.4, 0.5) is 5.82 Å². The lowest BCUT2D eigenvalue weighted by Gasteiger charge is -2.35. The van der Waals surface area contributed by atoms with Gasteiger partial charge in [0.2, 0.25) is 0 Å². The molecule has 1 aliphatic carbocycles. The lowest BCUT2D eigenvalue weighted by molar-refractivity contribution is 0.211. The minimum atomic E-state index is -0.570. The van der Waals surface area contributed by atoms with E-state index in [1.54, 1.807) is 13.2 Å². The average molecular weight is 333 g/mol. The Balaban J connectivity index is 2.47. The summed E-state index contributed by atoms with van der Waals surface area (Å²) in [6.45, 7) is 3.98. The molecular formula is C16H17ClN4O2. The van der Waals surface area contributed by atoms with Gasteiger partial charge in [0.05, 0.1) is 23.5 Å². The lowest BCUT2D eigenvalue weighted by atomic mass is 9.70. The summed E-state index contributed by atoms with van der Waals surface area (Å²) >= 11 is 6.55. The number of ether oxygens (including phenoxy) is 1. The number of fused-ring (bicyclic) bond motifs is 3. The molecule has 0 fully saturated rings. The summed E-state index contributed by atoms with van der Waals surface area (Å²) in [7, 11) is 3.07. The van der Waals surface area contributed by atoms with Crippen LogP contribution in [0.15, 0.2) is 23.6 Å².